The highest BCUT2D eigenvalue weighted by Gasteiger charge is 2.21. The summed E-state index contributed by atoms with van der Waals surface area (Å²) in [6, 6.07) is 4.57. The number of ether oxygens (including phenoxy) is 1. The SMILES string of the molecule is C[C@@H]1CN(CCCNC(=O)Cc2c[nH]c3ccc(F)cc23)C[C@H](C)O1. The van der Waals surface area contributed by atoms with Crippen molar-refractivity contribution in [2.75, 3.05) is 26.2 Å². The Bertz CT molecular complexity index is 721. The quantitative estimate of drug-likeness (QED) is 0.789. The average molecular weight is 347 g/mol. The van der Waals surface area contributed by atoms with E-state index in [0.29, 0.717) is 6.54 Å². The van der Waals surface area contributed by atoms with Gasteiger partial charge in [-0.05, 0) is 44.0 Å². The van der Waals surface area contributed by atoms with E-state index in [-0.39, 0.29) is 30.4 Å². The summed E-state index contributed by atoms with van der Waals surface area (Å²) in [4.78, 5) is 17.6. The van der Waals surface area contributed by atoms with Gasteiger partial charge in [0.25, 0.3) is 0 Å². The normalized spacial score (nSPS) is 21.6. The van der Waals surface area contributed by atoms with Crippen molar-refractivity contribution in [1.82, 2.24) is 15.2 Å². The van der Waals surface area contributed by atoms with Gasteiger partial charge in [0.15, 0.2) is 0 Å². The summed E-state index contributed by atoms with van der Waals surface area (Å²) in [5, 5.41) is 3.73. The molecule has 6 heteroatoms. The first kappa shape index (κ1) is 17.9. The predicted molar refractivity (Wildman–Crippen MR) is 96.0 cm³/mol. The number of nitrogens with zero attached hydrogens (tertiary/aromatic N) is 1. The monoisotopic (exact) mass is 347 g/mol. The van der Waals surface area contributed by atoms with E-state index in [0.717, 1.165) is 42.5 Å². The van der Waals surface area contributed by atoms with Gasteiger partial charge >= 0.3 is 0 Å². The number of rotatable bonds is 6. The molecule has 0 bridgehead atoms. The highest BCUT2D eigenvalue weighted by Crippen LogP contribution is 2.19. The van der Waals surface area contributed by atoms with Crippen molar-refractivity contribution in [2.24, 2.45) is 0 Å². The number of nitrogens with one attached hydrogen (secondary N) is 2. The molecule has 136 valence electrons. The standard InChI is InChI=1S/C19H26FN3O2/c1-13-11-23(12-14(2)25-13)7-3-6-21-19(24)8-15-10-22-18-5-4-16(20)9-17(15)18/h4-5,9-10,13-14,22H,3,6-8,11-12H2,1-2H3,(H,21,24)/t13-,14+. The third kappa shape index (κ3) is 4.80. The number of carbonyl (C=O) groups excluding carboxylic acids is 1. The van der Waals surface area contributed by atoms with E-state index in [1.807, 2.05) is 0 Å². The van der Waals surface area contributed by atoms with Gasteiger partial charge in [-0.15, -0.1) is 0 Å². The summed E-state index contributed by atoms with van der Waals surface area (Å²) < 4.78 is 19.1. The van der Waals surface area contributed by atoms with E-state index < -0.39 is 0 Å². The topological polar surface area (TPSA) is 57.4 Å². The van der Waals surface area contributed by atoms with Gasteiger partial charge in [-0.3, -0.25) is 9.69 Å². The Labute approximate surface area is 147 Å². The van der Waals surface area contributed by atoms with Crippen molar-refractivity contribution in [3.05, 3.63) is 35.8 Å². The van der Waals surface area contributed by atoms with Crippen LogP contribution in [-0.2, 0) is 16.0 Å². The lowest BCUT2D eigenvalue weighted by molar-refractivity contribution is -0.120. The number of hydrogen-bond donors (Lipinski definition) is 2. The Morgan fingerprint density at radius 1 is 1.36 bits per heavy atom. The molecule has 5 nitrogen and oxygen atoms in total. The summed E-state index contributed by atoms with van der Waals surface area (Å²) in [7, 11) is 0. The molecule has 1 amide bonds. The molecule has 0 radical (unpaired) electrons. The second-order valence-corrected chi connectivity index (χ2v) is 6.90. The zero-order valence-corrected chi connectivity index (χ0v) is 14.8. The van der Waals surface area contributed by atoms with Gasteiger partial charge in [0.05, 0.1) is 18.6 Å². The van der Waals surface area contributed by atoms with Crippen LogP contribution in [0.15, 0.2) is 24.4 Å². The van der Waals surface area contributed by atoms with Crippen LogP contribution in [0.5, 0.6) is 0 Å². The van der Waals surface area contributed by atoms with E-state index in [1.54, 1.807) is 12.3 Å². The maximum absolute atomic E-state index is 13.4. The number of morpholine rings is 1. The fourth-order valence-corrected chi connectivity index (χ4v) is 3.53. The number of amides is 1. The first-order valence-corrected chi connectivity index (χ1v) is 8.91. The van der Waals surface area contributed by atoms with Gasteiger partial charge in [0.2, 0.25) is 5.91 Å². The summed E-state index contributed by atoms with van der Waals surface area (Å²) in [6.07, 6.45) is 3.48. The number of hydrogen-bond acceptors (Lipinski definition) is 3. The number of aromatic nitrogens is 1. The molecular weight excluding hydrogens is 321 g/mol. The lowest BCUT2D eigenvalue weighted by Crippen LogP contribution is -2.46. The molecule has 1 fully saturated rings. The second kappa shape index (κ2) is 7.97. The van der Waals surface area contributed by atoms with E-state index in [4.69, 9.17) is 4.74 Å². The molecule has 0 unspecified atom stereocenters. The summed E-state index contributed by atoms with van der Waals surface area (Å²) in [5.74, 6) is -0.323. The minimum absolute atomic E-state index is 0.0334. The summed E-state index contributed by atoms with van der Waals surface area (Å²) >= 11 is 0. The molecule has 1 aromatic carbocycles. The van der Waals surface area contributed by atoms with Crippen LogP contribution in [0.4, 0.5) is 4.39 Å². The Hall–Kier alpha value is -1.92. The molecule has 0 spiro atoms. The largest absolute Gasteiger partial charge is 0.373 e. The van der Waals surface area contributed by atoms with Crippen molar-refractivity contribution in [1.29, 1.82) is 0 Å². The highest BCUT2D eigenvalue weighted by atomic mass is 19.1. The van der Waals surface area contributed by atoms with Gasteiger partial charge in [0, 0.05) is 43.3 Å². The molecule has 2 aromatic rings. The third-order valence-corrected chi connectivity index (χ3v) is 4.55. The highest BCUT2D eigenvalue weighted by molar-refractivity contribution is 5.88. The van der Waals surface area contributed by atoms with E-state index in [2.05, 4.69) is 29.0 Å². The third-order valence-electron chi connectivity index (χ3n) is 4.55. The number of aromatic amines is 1. The van der Waals surface area contributed by atoms with Crippen molar-refractivity contribution >= 4 is 16.8 Å². The molecular formula is C19H26FN3O2. The second-order valence-electron chi connectivity index (χ2n) is 6.90. The molecule has 2 atom stereocenters. The number of carbonyl (C=O) groups is 1. The fraction of sp³-hybridized carbons (Fsp3) is 0.526. The van der Waals surface area contributed by atoms with Crippen molar-refractivity contribution in [2.45, 2.75) is 38.9 Å². The zero-order valence-electron chi connectivity index (χ0n) is 14.8. The van der Waals surface area contributed by atoms with Gasteiger partial charge in [-0.2, -0.15) is 0 Å². The number of halogens is 1. The molecule has 1 saturated heterocycles. The van der Waals surface area contributed by atoms with Crippen molar-refractivity contribution < 1.29 is 13.9 Å². The summed E-state index contributed by atoms with van der Waals surface area (Å²) in [6.45, 7) is 7.67. The molecule has 1 aromatic heterocycles. The van der Waals surface area contributed by atoms with Gasteiger partial charge in [-0.1, -0.05) is 0 Å². The Balaban J connectivity index is 1.43. The minimum atomic E-state index is -0.289. The van der Waals surface area contributed by atoms with E-state index in [1.165, 1.54) is 12.1 Å². The Morgan fingerprint density at radius 3 is 2.88 bits per heavy atom. The van der Waals surface area contributed by atoms with E-state index >= 15 is 0 Å². The summed E-state index contributed by atoms with van der Waals surface area (Å²) in [5.41, 5.74) is 1.67. The lowest BCUT2D eigenvalue weighted by Gasteiger charge is -2.35. The first-order valence-electron chi connectivity index (χ1n) is 8.91. The predicted octanol–water partition coefficient (Wildman–Crippen LogP) is 2.47. The molecule has 0 saturated carbocycles. The van der Waals surface area contributed by atoms with Crippen LogP contribution < -0.4 is 5.32 Å². The maximum atomic E-state index is 13.4. The van der Waals surface area contributed by atoms with Crippen molar-refractivity contribution in [3.63, 3.8) is 0 Å². The fourth-order valence-electron chi connectivity index (χ4n) is 3.53. The lowest BCUT2D eigenvalue weighted by atomic mass is 10.1. The van der Waals surface area contributed by atoms with Crippen LogP contribution in [0.25, 0.3) is 10.9 Å². The molecule has 2 heterocycles. The average Bonchev–Trinajstić information content (AvgIpc) is 2.93. The van der Waals surface area contributed by atoms with Gasteiger partial charge in [-0.25, -0.2) is 4.39 Å². The molecule has 1 aliphatic rings. The molecule has 25 heavy (non-hydrogen) atoms. The van der Waals surface area contributed by atoms with Crippen LogP contribution in [-0.4, -0.2) is 54.2 Å². The van der Waals surface area contributed by atoms with Crippen LogP contribution in [0.3, 0.4) is 0 Å². The molecule has 1 aliphatic heterocycles. The Morgan fingerprint density at radius 2 is 2.12 bits per heavy atom. The van der Waals surface area contributed by atoms with Gasteiger partial charge < -0.3 is 15.0 Å². The zero-order chi connectivity index (χ0) is 17.8. The molecule has 3 rings (SSSR count). The minimum Gasteiger partial charge on any atom is -0.373 e. The maximum Gasteiger partial charge on any atom is 0.224 e. The van der Waals surface area contributed by atoms with E-state index in [9.17, 15) is 9.18 Å². The Kier molecular flexibility index (Phi) is 5.71. The van der Waals surface area contributed by atoms with Crippen LogP contribution in [0.2, 0.25) is 0 Å². The smallest absolute Gasteiger partial charge is 0.224 e. The van der Waals surface area contributed by atoms with Gasteiger partial charge in [0.1, 0.15) is 5.82 Å². The first-order chi connectivity index (χ1) is 12.0. The van der Waals surface area contributed by atoms with Crippen LogP contribution >= 0.6 is 0 Å². The molecule has 2 N–H and O–H groups in total. The van der Waals surface area contributed by atoms with Crippen LogP contribution in [0.1, 0.15) is 25.8 Å². The van der Waals surface area contributed by atoms with Crippen LogP contribution in [0, 0.1) is 5.82 Å². The number of benzene rings is 1. The van der Waals surface area contributed by atoms with Crippen molar-refractivity contribution in [3.8, 4) is 0 Å². The number of fused-ring (bicyclic) bond motifs is 1. The molecule has 0 aliphatic carbocycles. The number of H-pyrrole nitrogens is 1.